The molecule has 1 aromatic carbocycles. The predicted molar refractivity (Wildman–Crippen MR) is 81.7 cm³/mol. The van der Waals surface area contributed by atoms with Crippen LogP contribution < -0.4 is 4.74 Å². The fourth-order valence-corrected chi connectivity index (χ4v) is 2.46. The Hall–Kier alpha value is -1.82. The summed E-state index contributed by atoms with van der Waals surface area (Å²) in [6.07, 6.45) is 0.519. The van der Waals surface area contributed by atoms with Crippen molar-refractivity contribution in [3.63, 3.8) is 0 Å². The smallest absolute Gasteiger partial charge is 0.341 e. The Kier molecular flexibility index (Phi) is 4.67. The molecule has 1 aromatic heterocycles. The van der Waals surface area contributed by atoms with E-state index in [9.17, 15) is 9.90 Å². The molecule has 0 saturated heterocycles. The number of methoxy groups -OCH3 is 1. The first-order valence-corrected chi connectivity index (χ1v) is 7.29. The van der Waals surface area contributed by atoms with Gasteiger partial charge in [-0.2, -0.15) is 0 Å². The molecule has 5 nitrogen and oxygen atoms in total. The van der Waals surface area contributed by atoms with Gasteiger partial charge in [0.15, 0.2) is 5.76 Å². The summed E-state index contributed by atoms with van der Waals surface area (Å²) in [5.74, 6) is 0.150. The Labute approximate surface area is 131 Å². The van der Waals surface area contributed by atoms with E-state index in [0.717, 1.165) is 4.47 Å². The Morgan fingerprint density at radius 1 is 1.48 bits per heavy atom. The normalized spacial score (nSPS) is 10.9. The van der Waals surface area contributed by atoms with Crippen LogP contribution in [-0.2, 0) is 6.42 Å². The highest BCUT2D eigenvalue weighted by atomic mass is 79.9. The molecule has 0 saturated carbocycles. The van der Waals surface area contributed by atoms with Crippen LogP contribution in [0.1, 0.15) is 30.0 Å². The standard InChI is InChI=1S/C15H16BrNO4/c1-8(2)6-12-13(15(18)19)14(17-21-12)10-7-9(16)4-5-11(10)20-3/h4-5,7-8H,6H2,1-3H3,(H,18,19). The summed E-state index contributed by atoms with van der Waals surface area (Å²) in [5, 5.41) is 13.4. The largest absolute Gasteiger partial charge is 0.496 e. The van der Waals surface area contributed by atoms with Crippen LogP contribution in [0.3, 0.4) is 0 Å². The summed E-state index contributed by atoms with van der Waals surface area (Å²) in [6.45, 7) is 3.99. The summed E-state index contributed by atoms with van der Waals surface area (Å²) in [6, 6.07) is 5.34. The highest BCUT2D eigenvalue weighted by Gasteiger charge is 2.26. The van der Waals surface area contributed by atoms with Gasteiger partial charge in [0.25, 0.3) is 0 Å². The van der Waals surface area contributed by atoms with Crippen molar-refractivity contribution < 1.29 is 19.2 Å². The Balaban J connectivity index is 2.61. The van der Waals surface area contributed by atoms with Gasteiger partial charge in [-0.05, 0) is 24.1 Å². The Bertz CT molecular complexity index is 664. The molecule has 6 heteroatoms. The molecular formula is C15H16BrNO4. The number of aromatic carboxylic acids is 1. The summed E-state index contributed by atoms with van der Waals surface area (Å²) < 4.78 is 11.4. The van der Waals surface area contributed by atoms with Crippen molar-refractivity contribution in [2.45, 2.75) is 20.3 Å². The molecule has 0 spiro atoms. The maximum Gasteiger partial charge on any atom is 0.341 e. The maximum absolute atomic E-state index is 11.6. The quantitative estimate of drug-likeness (QED) is 0.878. The molecule has 112 valence electrons. The minimum atomic E-state index is -1.05. The number of aromatic nitrogens is 1. The van der Waals surface area contributed by atoms with Crippen molar-refractivity contribution in [3.05, 3.63) is 34.0 Å². The molecule has 0 aliphatic carbocycles. The summed E-state index contributed by atoms with van der Waals surface area (Å²) in [5.41, 5.74) is 0.972. The van der Waals surface area contributed by atoms with E-state index >= 15 is 0 Å². The van der Waals surface area contributed by atoms with E-state index in [1.165, 1.54) is 7.11 Å². The van der Waals surface area contributed by atoms with Crippen molar-refractivity contribution in [2.75, 3.05) is 7.11 Å². The van der Waals surface area contributed by atoms with E-state index in [2.05, 4.69) is 21.1 Å². The van der Waals surface area contributed by atoms with Crippen LogP contribution in [-0.4, -0.2) is 23.3 Å². The number of carboxylic acid groups (broad SMARTS) is 1. The van der Waals surface area contributed by atoms with Crippen molar-refractivity contribution in [2.24, 2.45) is 5.92 Å². The van der Waals surface area contributed by atoms with Gasteiger partial charge >= 0.3 is 5.97 Å². The zero-order chi connectivity index (χ0) is 15.6. The molecule has 1 heterocycles. The molecule has 0 aliphatic rings. The minimum absolute atomic E-state index is 0.0973. The third kappa shape index (κ3) is 3.26. The molecule has 21 heavy (non-hydrogen) atoms. The molecule has 0 amide bonds. The number of benzene rings is 1. The summed E-state index contributed by atoms with van der Waals surface area (Å²) >= 11 is 3.37. The van der Waals surface area contributed by atoms with E-state index in [1.807, 2.05) is 19.9 Å². The van der Waals surface area contributed by atoms with Gasteiger partial charge in [0, 0.05) is 16.5 Å². The summed E-state index contributed by atoms with van der Waals surface area (Å²) in [4.78, 5) is 11.6. The van der Waals surface area contributed by atoms with E-state index in [4.69, 9.17) is 9.26 Å². The number of carboxylic acids is 1. The first kappa shape index (κ1) is 15.6. The maximum atomic E-state index is 11.6. The van der Waals surface area contributed by atoms with Gasteiger partial charge in [0.2, 0.25) is 0 Å². The lowest BCUT2D eigenvalue weighted by Gasteiger charge is -2.07. The van der Waals surface area contributed by atoms with Crippen molar-refractivity contribution in [1.82, 2.24) is 5.16 Å². The Morgan fingerprint density at radius 3 is 2.76 bits per heavy atom. The van der Waals surface area contributed by atoms with Crippen molar-refractivity contribution in [3.8, 4) is 17.0 Å². The first-order valence-electron chi connectivity index (χ1n) is 6.49. The van der Waals surface area contributed by atoms with Gasteiger partial charge < -0.3 is 14.4 Å². The number of hydrogen-bond donors (Lipinski definition) is 1. The fraction of sp³-hybridized carbons (Fsp3) is 0.333. The van der Waals surface area contributed by atoms with Crippen LogP contribution >= 0.6 is 15.9 Å². The molecule has 1 N–H and O–H groups in total. The molecule has 2 rings (SSSR count). The second-order valence-electron chi connectivity index (χ2n) is 5.08. The molecule has 0 fully saturated rings. The lowest BCUT2D eigenvalue weighted by Crippen LogP contribution is -2.04. The zero-order valence-corrected chi connectivity index (χ0v) is 13.6. The van der Waals surface area contributed by atoms with Gasteiger partial charge in [-0.25, -0.2) is 4.79 Å². The predicted octanol–water partition coefficient (Wildman–Crippen LogP) is 4.01. The lowest BCUT2D eigenvalue weighted by atomic mass is 10.0. The molecule has 0 radical (unpaired) electrons. The highest BCUT2D eigenvalue weighted by molar-refractivity contribution is 9.10. The number of carbonyl (C=O) groups is 1. The summed E-state index contributed by atoms with van der Waals surface area (Å²) in [7, 11) is 1.53. The monoisotopic (exact) mass is 353 g/mol. The zero-order valence-electron chi connectivity index (χ0n) is 12.0. The average molecular weight is 354 g/mol. The second-order valence-corrected chi connectivity index (χ2v) is 5.99. The topological polar surface area (TPSA) is 72.6 Å². The molecule has 0 unspecified atom stereocenters. The molecular weight excluding hydrogens is 338 g/mol. The third-order valence-corrected chi connectivity index (χ3v) is 3.48. The molecule has 0 atom stereocenters. The molecule has 0 bridgehead atoms. The van der Waals surface area contributed by atoms with Crippen LogP contribution in [0.4, 0.5) is 0 Å². The van der Waals surface area contributed by atoms with E-state index < -0.39 is 5.97 Å². The van der Waals surface area contributed by atoms with Crippen LogP contribution in [0.2, 0.25) is 0 Å². The van der Waals surface area contributed by atoms with E-state index in [1.54, 1.807) is 12.1 Å². The Morgan fingerprint density at radius 2 is 2.19 bits per heavy atom. The van der Waals surface area contributed by atoms with Crippen LogP contribution in [0.25, 0.3) is 11.3 Å². The number of ether oxygens (including phenoxy) is 1. The number of rotatable bonds is 5. The van der Waals surface area contributed by atoms with Gasteiger partial charge in [-0.1, -0.05) is 34.9 Å². The van der Waals surface area contributed by atoms with Gasteiger partial charge in [0.05, 0.1) is 7.11 Å². The van der Waals surface area contributed by atoms with E-state index in [-0.39, 0.29) is 17.2 Å². The van der Waals surface area contributed by atoms with Gasteiger partial charge in [-0.3, -0.25) is 0 Å². The van der Waals surface area contributed by atoms with Crippen LogP contribution in [0, 0.1) is 5.92 Å². The second kappa shape index (κ2) is 6.30. The van der Waals surface area contributed by atoms with E-state index in [0.29, 0.717) is 23.5 Å². The third-order valence-electron chi connectivity index (χ3n) is 2.99. The fourth-order valence-electron chi connectivity index (χ4n) is 2.10. The number of nitrogens with zero attached hydrogens (tertiary/aromatic N) is 1. The number of halogens is 1. The average Bonchev–Trinajstić information content (AvgIpc) is 2.81. The minimum Gasteiger partial charge on any atom is -0.496 e. The van der Waals surface area contributed by atoms with Crippen LogP contribution in [0.5, 0.6) is 5.75 Å². The SMILES string of the molecule is COc1ccc(Br)cc1-c1noc(CC(C)C)c1C(=O)O. The molecule has 0 aliphatic heterocycles. The van der Waals surface area contributed by atoms with Crippen molar-refractivity contribution >= 4 is 21.9 Å². The van der Waals surface area contributed by atoms with Gasteiger partial charge in [-0.15, -0.1) is 0 Å². The van der Waals surface area contributed by atoms with Gasteiger partial charge in [0.1, 0.15) is 17.0 Å². The molecule has 2 aromatic rings. The number of hydrogen-bond acceptors (Lipinski definition) is 4. The van der Waals surface area contributed by atoms with Crippen molar-refractivity contribution in [1.29, 1.82) is 0 Å². The lowest BCUT2D eigenvalue weighted by molar-refractivity contribution is 0.0695. The highest BCUT2D eigenvalue weighted by Crippen LogP contribution is 2.35. The first-order chi connectivity index (χ1) is 9.93. The van der Waals surface area contributed by atoms with Crippen LogP contribution in [0.15, 0.2) is 27.2 Å².